The highest BCUT2D eigenvalue weighted by Crippen LogP contribution is 2.50. The normalized spacial score (nSPS) is 51.3. The SMILES string of the molecule is COC(=O)C1CC2CC1C1OC1O2. The van der Waals surface area contributed by atoms with E-state index < -0.39 is 0 Å². The Labute approximate surface area is 76.1 Å². The van der Waals surface area contributed by atoms with Crippen LogP contribution < -0.4 is 0 Å². The van der Waals surface area contributed by atoms with Crippen LogP contribution in [0.2, 0.25) is 0 Å². The highest BCUT2D eigenvalue weighted by Gasteiger charge is 2.60. The molecule has 0 aromatic rings. The zero-order valence-corrected chi connectivity index (χ0v) is 7.43. The van der Waals surface area contributed by atoms with Crippen molar-refractivity contribution in [2.45, 2.75) is 31.3 Å². The highest BCUT2D eigenvalue weighted by atomic mass is 16.8. The first-order valence-corrected chi connectivity index (χ1v) is 4.68. The van der Waals surface area contributed by atoms with Crippen LogP contribution in [0.3, 0.4) is 0 Å². The van der Waals surface area contributed by atoms with Gasteiger partial charge in [-0.25, -0.2) is 0 Å². The molecule has 3 fully saturated rings. The number of fused-ring (bicyclic) bond motifs is 4. The minimum Gasteiger partial charge on any atom is -0.469 e. The van der Waals surface area contributed by atoms with Gasteiger partial charge in [-0.2, -0.15) is 0 Å². The molecule has 2 aliphatic heterocycles. The van der Waals surface area contributed by atoms with Crippen molar-refractivity contribution < 1.29 is 19.0 Å². The number of esters is 1. The molecule has 4 nitrogen and oxygen atoms in total. The van der Waals surface area contributed by atoms with Gasteiger partial charge < -0.3 is 14.2 Å². The molecular formula is C9H12O4. The molecule has 0 spiro atoms. The minimum absolute atomic E-state index is 0.00694. The monoisotopic (exact) mass is 184 g/mol. The van der Waals surface area contributed by atoms with Crippen LogP contribution in [0.15, 0.2) is 0 Å². The first-order chi connectivity index (χ1) is 6.29. The average molecular weight is 184 g/mol. The molecule has 5 atom stereocenters. The van der Waals surface area contributed by atoms with Crippen LogP contribution in [-0.4, -0.2) is 31.6 Å². The van der Waals surface area contributed by atoms with Crippen molar-refractivity contribution in [2.24, 2.45) is 11.8 Å². The summed E-state index contributed by atoms with van der Waals surface area (Å²) < 4.78 is 15.6. The number of methoxy groups -OCH3 is 1. The molecule has 3 rings (SSSR count). The van der Waals surface area contributed by atoms with Gasteiger partial charge in [0.15, 0.2) is 6.29 Å². The average Bonchev–Trinajstić information content (AvgIpc) is 2.82. The van der Waals surface area contributed by atoms with Crippen LogP contribution in [-0.2, 0) is 19.0 Å². The molecule has 0 radical (unpaired) electrons. The molecule has 0 N–H and O–H groups in total. The number of carbonyl (C=O) groups is 1. The molecule has 4 heteroatoms. The molecule has 0 aromatic carbocycles. The standard InChI is InChI=1S/C9H12O4/c1-11-8(10)6-3-4-2-5(6)7-9(12-4)13-7/h4-7,9H,2-3H2,1H3. The number of rotatable bonds is 1. The van der Waals surface area contributed by atoms with Gasteiger partial charge in [-0.1, -0.05) is 0 Å². The maximum atomic E-state index is 11.4. The summed E-state index contributed by atoms with van der Waals surface area (Å²) >= 11 is 0. The van der Waals surface area contributed by atoms with Crippen LogP contribution in [0.1, 0.15) is 12.8 Å². The topological polar surface area (TPSA) is 48.1 Å². The van der Waals surface area contributed by atoms with Crippen molar-refractivity contribution in [3.8, 4) is 0 Å². The Kier molecular flexibility index (Phi) is 1.46. The molecule has 3 aliphatic rings. The Morgan fingerprint density at radius 3 is 3.00 bits per heavy atom. The minimum atomic E-state index is -0.104. The van der Waals surface area contributed by atoms with E-state index in [-0.39, 0.29) is 30.4 Å². The number of carbonyl (C=O) groups excluding carboxylic acids is 1. The summed E-state index contributed by atoms with van der Waals surface area (Å²) in [6.45, 7) is 0. The zero-order chi connectivity index (χ0) is 9.00. The Morgan fingerprint density at radius 1 is 1.38 bits per heavy atom. The van der Waals surface area contributed by atoms with Crippen molar-refractivity contribution in [1.82, 2.24) is 0 Å². The van der Waals surface area contributed by atoms with Crippen LogP contribution in [0.25, 0.3) is 0 Å². The highest BCUT2D eigenvalue weighted by molar-refractivity contribution is 5.73. The molecule has 1 aliphatic carbocycles. The van der Waals surface area contributed by atoms with E-state index in [1.54, 1.807) is 0 Å². The van der Waals surface area contributed by atoms with Gasteiger partial charge in [0.1, 0.15) is 6.10 Å². The number of hydrogen-bond acceptors (Lipinski definition) is 4. The van der Waals surface area contributed by atoms with Crippen molar-refractivity contribution in [3.05, 3.63) is 0 Å². The predicted octanol–water partition coefficient (Wildman–Crippen LogP) is 0.309. The summed E-state index contributed by atoms with van der Waals surface area (Å²) in [5.74, 6) is 0.246. The Morgan fingerprint density at radius 2 is 2.23 bits per heavy atom. The van der Waals surface area contributed by atoms with Gasteiger partial charge in [0.05, 0.1) is 19.1 Å². The third kappa shape index (κ3) is 1.02. The van der Waals surface area contributed by atoms with Gasteiger partial charge in [-0.3, -0.25) is 4.79 Å². The van der Waals surface area contributed by atoms with E-state index >= 15 is 0 Å². The maximum absolute atomic E-state index is 11.4. The molecule has 2 heterocycles. The lowest BCUT2D eigenvalue weighted by molar-refractivity contribution is -0.147. The molecule has 2 bridgehead atoms. The van der Waals surface area contributed by atoms with Gasteiger partial charge in [-0.05, 0) is 12.8 Å². The molecular weight excluding hydrogens is 172 g/mol. The second-order valence-corrected chi connectivity index (χ2v) is 3.99. The third-order valence-electron chi connectivity index (χ3n) is 3.30. The lowest BCUT2D eigenvalue weighted by atomic mass is 9.93. The summed E-state index contributed by atoms with van der Waals surface area (Å²) in [6.07, 6.45) is 2.15. The summed E-state index contributed by atoms with van der Waals surface area (Å²) in [4.78, 5) is 11.4. The molecule has 13 heavy (non-hydrogen) atoms. The van der Waals surface area contributed by atoms with Crippen LogP contribution in [0, 0.1) is 11.8 Å². The van der Waals surface area contributed by atoms with Crippen LogP contribution >= 0.6 is 0 Å². The summed E-state index contributed by atoms with van der Waals surface area (Å²) in [6, 6.07) is 0. The second-order valence-electron chi connectivity index (χ2n) is 3.99. The van der Waals surface area contributed by atoms with Crippen molar-refractivity contribution in [3.63, 3.8) is 0 Å². The summed E-state index contributed by atoms with van der Waals surface area (Å²) in [5.41, 5.74) is 0. The summed E-state index contributed by atoms with van der Waals surface area (Å²) in [7, 11) is 1.44. The molecule has 0 aromatic heterocycles. The van der Waals surface area contributed by atoms with Gasteiger partial charge in [0.25, 0.3) is 0 Å². The van der Waals surface area contributed by atoms with Crippen LogP contribution in [0.4, 0.5) is 0 Å². The van der Waals surface area contributed by atoms with Crippen molar-refractivity contribution in [2.75, 3.05) is 7.11 Å². The summed E-state index contributed by atoms with van der Waals surface area (Å²) in [5, 5.41) is 0. The van der Waals surface area contributed by atoms with E-state index in [2.05, 4.69) is 0 Å². The molecule has 2 saturated heterocycles. The van der Waals surface area contributed by atoms with Crippen molar-refractivity contribution >= 4 is 5.97 Å². The molecule has 0 amide bonds. The van der Waals surface area contributed by atoms with E-state index in [9.17, 15) is 4.79 Å². The molecule has 5 unspecified atom stereocenters. The Bertz CT molecular complexity index is 252. The second kappa shape index (κ2) is 2.45. The van der Waals surface area contributed by atoms with Gasteiger partial charge in [0, 0.05) is 5.92 Å². The van der Waals surface area contributed by atoms with E-state index in [1.165, 1.54) is 7.11 Å². The Hall–Kier alpha value is -0.610. The first-order valence-electron chi connectivity index (χ1n) is 4.68. The predicted molar refractivity (Wildman–Crippen MR) is 41.8 cm³/mol. The lowest BCUT2D eigenvalue weighted by Crippen LogP contribution is -2.26. The quantitative estimate of drug-likeness (QED) is 0.434. The van der Waals surface area contributed by atoms with E-state index in [1.807, 2.05) is 0 Å². The maximum Gasteiger partial charge on any atom is 0.309 e. The number of ether oxygens (including phenoxy) is 3. The first kappa shape index (κ1) is 7.76. The largest absolute Gasteiger partial charge is 0.469 e. The van der Waals surface area contributed by atoms with E-state index in [0.29, 0.717) is 5.92 Å². The van der Waals surface area contributed by atoms with Gasteiger partial charge >= 0.3 is 5.97 Å². The molecule has 1 saturated carbocycles. The smallest absolute Gasteiger partial charge is 0.309 e. The van der Waals surface area contributed by atoms with Crippen molar-refractivity contribution in [1.29, 1.82) is 0 Å². The van der Waals surface area contributed by atoms with Crippen LogP contribution in [0.5, 0.6) is 0 Å². The number of hydrogen-bond donors (Lipinski definition) is 0. The Balaban J connectivity index is 1.80. The van der Waals surface area contributed by atoms with Gasteiger partial charge in [0.2, 0.25) is 0 Å². The zero-order valence-electron chi connectivity index (χ0n) is 7.43. The lowest BCUT2D eigenvalue weighted by Gasteiger charge is -2.15. The fourth-order valence-electron chi connectivity index (χ4n) is 2.63. The number of epoxide rings is 1. The fraction of sp³-hybridized carbons (Fsp3) is 0.889. The van der Waals surface area contributed by atoms with E-state index in [0.717, 1.165) is 12.8 Å². The molecule has 72 valence electrons. The third-order valence-corrected chi connectivity index (χ3v) is 3.30. The van der Waals surface area contributed by atoms with Gasteiger partial charge in [-0.15, -0.1) is 0 Å². The van der Waals surface area contributed by atoms with E-state index in [4.69, 9.17) is 14.2 Å². The fourth-order valence-corrected chi connectivity index (χ4v) is 2.63.